The Bertz CT molecular complexity index is 370. The lowest BCUT2D eigenvalue weighted by Crippen LogP contribution is -2.25. The first-order valence-corrected chi connectivity index (χ1v) is 6.73. The molecular formula is C15H26N2. The smallest absolute Gasteiger partial charge is 0.0588 e. The molecule has 0 fully saturated rings. The zero-order valence-electron chi connectivity index (χ0n) is 11.6. The number of hydrogen-bond acceptors (Lipinski definition) is 2. The van der Waals surface area contributed by atoms with Crippen LogP contribution in [-0.2, 0) is 11.8 Å². The zero-order chi connectivity index (χ0) is 13.1. The predicted octanol–water partition coefficient (Wildman–Crippen LogP) is 3.88. The summed E-state index contributed by atoms with van der Waals surface area (Å²) in [6.07, 6.45) is 4.26. The number of anilines is 2. The van der Waals surface area contributed by atoms with Crippen LogP contribution in [0, 0.1) is 0 Å². The monoisotopic (exact) mass is 234 g/mol. The summed E-state index contributed by atoms with van der Waals surface area (Å²) < 4.78 is 0. The van der Waals surface area contributed by atoms with Crippen molar-refractivity contribution in [3.63, 3.8) is 0 Å². The lowest BCUT2D eigenvalue weighted by Gasteiger charge is -2.33. The van der Waals surface area contributed by atoms with Crippen molar-refractivity contribution in [3.8, 4) is 0 Å². The van der Waals surface area contributed by atoms with E-state index in [-0.39, 0.29) is 5.41 Å². The summed E-state index contributed by atoms with van der Waals surface area (Å²) >= 11 is 0. The second-order valence-corrected chi connectivity index (χ2v) is 4.79. The van der Waals surface area contributed by atoms with Crippen molar-refractivity contribution in [2.24, 2.45) is 0 Å². The van der Waals surface area contributed by atoms with Crippen molar-refractivity contribution in [1.29, 1.82) is 0 Å². The maximum atomic E-state index is 6.25. The molecular weight excluding hydrogens is 208 g/mol. The van der Waals surface area contributed by atoms with Gasteiger partial charge in [0.05, 0.1) is 11.4 Å². The Labute approximate surface area is 105 Å². The van der Waals surface area contributed by atoms with E-state index in [9.17, 15) is 0 Å². The molecule has 17 heavy (non-hydrogen) atoms. The van der Waals surface area contributed by atoms with Crippen molar-refractivity contribution in [3.05, 3.63) is 23.3 Å². The average molecular weight is 234 g/mol. The highest BCUT2D eigenvalue weighted by molar-refractivity contribution is 5.72. The Morgan fingerprint density at radius 3 is 1.82 bits per heavy atom. The number of nitrogens with two attached hydrogens (primary N) is 2. The van der Waals surface area contributed by atoms with Gasteiger partial charge in [-0.3, -0.25) is 0 Å². The molecule has 0 atom stereocenters. The number of hydrogen-bond donors (Lipinski definition) is 2. The Kier molecular flexibility index (Phi) is 4.44. The summed E-state index contributed by atoms with van der Waals surface area (Å²) in [6, 6.07) is 4.32. The molecule has 0 aliphatic heterocycles. The molecule has 0 saturated heterocycles. The van der Waals surface area contributed by atoms with Crippen molar-refractivity contribution < 1.29 is 0 Å². The molecule has 0 spiro atoms. The molecule has 1 aromatic rings. The van der Waals surface area contributed by atoms with E-state index in [1.54, 1.807) is 0 Å². The molecule has 0 radical (unpaired) electrons. The minimum atomic E-state index is 0.185. The topological polar surface area (TPSA) is 52.0 Å². The van der Waals surface area contributed by atoms with E-state index in [4.69, 9.17) is 11.5 Å². The second-order valence-electron chi connectivity index (χ2n) is 4.79. The van der Waals surface area contributed by atoms with Crippen LogP contribution in [0.3, 0.4) is 0 Å². The van der Waals surface area contributed by atoms with E-state index in [2.05, 4.69) is 39.8 Å². The van der Waals surface area contributed by atoms with Gasteiger partial charge in [-0.25, -0.2) is 0 Å². The van der Waals surface area contributed by atoms with Crippen molar-refractivity contribution in [2.45, 2.75) is 58.8 Å². The summed E-state index contributed by atoms with van der Waals surface area (Å²) in [6.45, 7) is 8.81. The highest BCUT2D eigenvalue weighted by Crippen LogP contribution is 2.41. The molecule has 1 aromatic carbocycles. The van der Waals surface area contributed by atoms with E-state index >= 15 is 0 Å². The minimum absolute atomic E-state index is 0.185. The van der Waals surface area contributed by atoms with Crippen LogP contribution >= 0.6 is 0 Å². The maximum absolute atomic E-state index is 6.25. The normalized spacial score (nSPS) is 11.8. The van der Waals surface area contributed by atoms with E-state index in [0.29, 0.717) is 0 Å². The number of aryl methyl sites for hydroxylation is 1. The third kappa shape index (κ3) is 2.26. The first kappa shape index (κ1) is 13.9. The first-order valence-electron chi connectivity index (χ1n) is 6.73. The highest BCUT2D eigenvalue weighted by Gasteiger charge is 2.29. The lowest BCUT2D eigenvalue weighted by molar-refractivity contribution is 0.383. The highest BCUT2D eigenvalue weighted by atomic mass is 14.7. The van der Waals surface area contributed by atoms with Gasteiger partial charge in [0.1, 0.15) is 0 Å². The number of rotatable bonds is 5. The number of nitrogen functional groups attached to an aromatic ring is 2. The second kappa shape index (κ2) is 5.44. The fourth-order valence-corrected chi connectivity index (χ4v) is 2.77. The minimum Gasteiger partial charge on any atom is -0.397 e. The van der Waals surface area contributed by atoms with E-state index in [1.807, 2.05) is 0 Å². The molecule has 0 bridgehead atoms. The fraction of sp³-hybridized carbons (Fsp3) is 0.600. The third-order valence-electron chi connectivity index (χ3n) is 4.36. The summed E-state index contributed by atoms with van der Waals surface area (Å²) in [5.74, 6) is 0. The molecule has 4 N–H and O–H groups in total. The van der Waals surface area contributed by atoms with E-state index < -0.39 is 0 Å². The van der Waals surface area contributed by atoms with Gasteiger partial charge in [-0.1, -0.05) is 39.8 Å². The van der Waals surface area contributed by atoms with Crippen molar-refractivity contribution in [1.82, 2.24) is 0 Å². The molecule has 0 amide bonds. The standard InChI is InChI=1S/C15H26N2/c1-5-11-9-10-12(14(17)13(11)16)15(6-2,7-3)8-4/h9-10H,5-8,16-17H2,1-4H3. The number of benzene rings is 1. The maximum Gasteiger partial charge on any atom is 0.0588 e. The van der Waals surface area contributed by atoms with Gasteiger partial charge in [0.2, 0.25) is 0 Å². The molecule has 0 unspecified atom stereocenters. The van der Waals surface area contributed by atoms with Gasteiger partial charge in [-0.05, 0) is 42.2 Å². The molecule has 0 heterocycles. The van der Waals surface area contributed by atoms with Gasteiger partial charge in [0, 0.05) is 0 Å². The Morgan fingerprint density at radius 1 is 0.882 bits per heavy atom. The molecule has 0 aliphatic rings. The van der Waals surface area contributed by atoms with Crippen molar-refractivity contribution >= 4 is 11.4 Å². The van der Waals surface area contributed by atoms with Crippen LogP contribution < -0.4 is 11.5 Å². The molecule has 0 aliphatic carbocycles. The van der Waals surface area contributed by atoms with Gasteiger partial charge in [0.15, 0.2) is 0 Å². The van der Waals surface area contributed by atoms with Crippen molar-refractivity contribution in [2.75, 3.05) is 11.5 Å². The summed E-state index contributed by atoms with van der Waals surface area (Å²) in [5, 5.41) is 0. The van der Waals surface area contributed by atoms with Crippen LogP contribution in [0.1, 0.15) is 58.1 Å². The summed E-state index contributed by atoms with van der Waals surface area (Å²) in [5.41, 5.74) is 16.5. The Hall–Kier alpha value is -1.18. The van der Waals surface area contributed by atoms with Crippen LogP contribution in [0.5, 0.6) is 0 Å². The first-order chi connectivity index (χ1) is 8.06. The molecule has 1 rings (SSSR count). The summed E-state index contributed by atoms with van der Waals surface area (Å²) in [4.78, 5) is 0. The Morgan fingerprint density at radius 2 is 1.41 bits per heavy atom. The van der Waals surface area contributed by atoms with E-state index in [0.717, 1.165) is 42.6 Å². The quantitative estimate of drug-likeness (QED) is 0.760. The van der Waals surface area contributed by atoms with Gasteiger partial charge < -0.3 is 11.5 Å². The van der Waals surface area contributed by atoms with Gasteiger partial charge in [0.25, 0.3) is 0 Å². The van der Waals surface area contributed by atoms with Crippen LogP contribution in [0.25, 0.3) is 0 Å². The van der Waals surface area contributed by atoms with E-state index in [1.165, 1.54) is 5.56 Å². The van der Waals surface area contributed by atoms with Crippen LogP contribution in [-0.4, -0.2) is 0 Å². The average Bonchev–Trinajstić information content (AvgIpc) is 2.37. The van der Waals surface area contributed by atoms with Crippen LogP contribution in [0.2, 0.25) is 0 Å². The SMILES string of the molecule is CCc1ccc(C(CC)(CC)CC)c(N)c1N. The van der Waals surface area contributed by atoms with Gasteiger partial charge in [-0.2, -0.15) is 0 Å². The molecule has 2 nitrogen and oxygen atoms in total. The van der Waals surface area contributed by atoms with Gasteiger partial charge >= 0.3 is 0 Å². The molecule has 96 valence electrons. The molecule has 0 aromatic heterocycles. The van der Waals surface area contributed by atoms with Crippen LogP contribution in [0.4, 0.5) is 11.4 Å². The summed E-state index contributed by atoms with van der Waals surface area (Å²) in [7, 11) is 0. The largest absolute Gasteiger partial charge is 0.397 e. The van der Waals surface area contributed by atoms with Crippen LogP contribution in [0.15, 0.2) is 12.1 Å². The molecule has 0 saturated carbocycles. The lowest BCUT2D eigenvalue weighted by atomic mass is 9.72. The fourth-order valence-electron chi connectivity index (χ4n) is 2.77. The molecule has 2 heteroatoms. The zero-order valence-corrected chi connectivity index (χ0v) is 11.6. The van der Waals surface area contributed by atoms with Gasteiger partial charge in [-0.15, -0.1) is 0 Å². The Balaban J connectivity index is 3.36. The predicted molar refractivity (Wildman–Crippen MR) is 77.2 cm³/mol. The third-order valence-corrected chi connectivity index (χ3v) is 4.36.